The Balaban J connectivity index is 2.12. The molecule has 1 aromatic heterocycles. The molecular weight excluding hydrogens is 322 g/mol. The quantitative estimate of drug-likeness (QED) is 0.889. The maximum absolute atomic E-state index is 12.6. The summed E-state index contributed by atoms with van der Waals surface area (Å²) in [6.07, 6.45) is 0. The first kappa shape index (κ1) is 13.7. The molecule has 0 aliphatic carbocycles. The lowest BCUT2D eigenvalue weighted by Crippen LogP contribution is -2.41. The Morgan fingerprint density at radius 2 is 2.20 bits per heavy atom. The molecule has 10 heteroatoms. The van der Waals surface area contributed by atoms with Gasteiger partial charge >= 0.3 is 5.97 Å². The molecule has 1 aliphatic rings. The monoisotopic (exact) mass is 331 g/mol. The summed E-state index contributed by atoms with van der Waals surface area (Å²) in [5.74, 6) is -0.755. The van der Waals surface area contributed by atoms with Gasteiger partial charge in [-0.1, -0.05) is 6.07 Å². The van der Waals surface area contributed by atoms with Crippen LogP contribution in [0.3, 0.4) is 0 Å². The molecule has 106 valence electrons. The number of hydrogen-bond acceptors (Lipinski definition) is 7. The second-order valence-electron chi connectivity index (χ2n) is 4.13. The minimum absolute atomic E-state index is 0.0116. The molecule has 3 rings (SSSR count). The second kappa shape index (κ2) is 4.95. The van der Waals surface area contributed by atoms with Gasteiger partial charge < -0.3 is 5.11 Å². The van der Waals surface area contributed by atoms with Crippen LogP contribution in [0.1, 0.15) is 0 Å². The Labute approximate surface area is 123 Å². The van der Waals surface area contributed by atoms with Gasteiger partial charge in [-0.05, 0) is 12.1 Å². The number of carboxylic acid groups (broad SMARTS) is 1. The number of nitrogens with zero attached hydrogens (tertiary/aromatic N) is 3. The SMILES string of the molecule is O=C(O)[C@H]1CSCN1S(=O)(=O)c1cccc2nsnc12. The van der Waals surface area contributed by atoms with Crippen molar-refractivity contribution in [1.82, 2.24) is 13.1 Å². The lowest BCUT2D eigenvalue weighted by molar-refractivity contribution is -0.140. The Morgan fingerprint density at radius 1 is 1.40 bits per heavy atom. The highest BCUT2D eigenvalue weighted by atomic mass is 32.2. The first-order valence-corrected chi connectivity index (χ1v) is 8.88. The van der Waals surface area contributed by atoms with Crippen LogP contribution in [0.2, 0.25) is 0 Å². The maximum Gasteiger partial charge on any atom is 0.322 e. The largest absolute Gasteiger partial charge is 0.480 e. The van der Waals surface area contributed by atoms with Gasteiger partial charge in [0.25, 0.3) is 0 Å². The molecule has 1 aromatic carbocycles. The third kappa shape index (κ3) is 2.08. The summed E-state index contributed by atoms with van der Waals surface area (Å²) in [5, 5.41) is 9.12. The molecule has 2 heterocycles. The molecule has 0 saturated carbocycles. The summed E-state index contributed by atoms with van der Waals surface area (Å²) in [7, 11) is -3.89. The zero-order chi connectivity index (χ0) is 14.3. The van der Waals surface area contributed by atoms with Crippen molar-refractivity contribution in [1.29, 1.82) is 0 Å². The van der Waals surface area contributed by atoms with E-state index >= 15 is 0 Å². The number of benzene rings is 1. The Kier molecular flexibility index (Phi) is 3.40. The first-order valence-electron chi connectivity index (χ1n) is 5.55. The minimum Gasteiger partial charge on any atom is -0.480 e. The molecule has 1 N–H and O–H groups in total. The van der Waals surface area contributed by atoms with Crippen LogP contribution in [0, 0.1) is 0 Å². The number of thioether (sulfide) groups is 1. The lowest BCUT2D eigenvalue weighted by atomic mass is 10.3. The van der Waals surface area contributed by atoms with E-state index in [4.69, 9.17) is 5.11 Å². The van der Waals surface area contributed by atoms with Gasteiger partial charge in [0.05, 0.1) is 17.6 Å². The van der Waals surface area contributed by atoms with E-state index in [9.17, 15) is 13.2 Å². The van der Waals surface area contributed by atoms with Crippen LogP contribution >= 0.6 is 23.5 Å². The number of rotatable bonds is 3. The van der Waals surface area contributed by atoms with Crippen molar-refractivity contribution in [3.05, 3.63) is 18.2 Å². The topological polar surface area (TPSA) is 100 Å². The van der Waals surface area contributed by atoms with E-state index in [1.54, 1.807) is 12.1 Å². The smallest absolute Gasteiger partial charge is 0.322 e. The van der Waals surface area contributed by atoms with E-state index in [2.05, 4.69) is 8.75 Å². The second-order valence-corrected chi connectivity index (χ2v) is 7.52. The molecule has 1 aliphatic heterocycles. The molecular formula is C10H9N3O4S3. The zero-order valence-electron chi connectivity index (χ0n) is 9.96. The number of carbonyl (C=O) groups is 1. The van der Waals surface area contributed by atoms with Crippen molar-refractivity contribution >= 4 is 50.5 Å². The van der Waals surface area contributed by atoms with Crippen LogP contribution in [0.5, 0.6) is 0 Å². The molecule has 1 fully saturated rings. The van der Waals surface area contributed by atoms with Gasteiger partial charge in [-0.3, -0.25) is 4.79 Å². The van der Waals surface area contributed by atoms with Crippen LogP contribution in [0.15, 0.2) is 23.1 Å². The highest BCUT2D eigenvalue weighted by molar-refractivity contribution is 8.00. The summed E-state index contributed by atoms with van der Waals surface area (Å²) in [6.45, 7) is 0. The highest BCUT2D eigenvalue weighted by Gasteiger charge is 2.41. The van der Waals surface area contributed by atoms with Crippen LogP contribution in [-0.2, 0) is 14.8 Å². The summed E-state index contributed by atoms with van der Waals surface area (Å²) in [4.78, 5) is 11.2. The van der Waals surface area contributed by atoms with E-state index < -0.39 is 22.0 Å². The fourth-order valence-electron chi connectivity index (χ4n) is 1.97. The van der Waals surface area contributed by atoms with E-state index in [-0.39, 0.29) is 16.5 Å². The molecule has 0 radical (unpaired) electrons. The van der Waals surface area contributed by atoms with Crippen molar-refractivity contribution in [2.45, 2.75) is 10.9 Å². The van der Waals surface area contributed by atoms with Gasteiger partial charge in [0.15, 0.2) is 0 Å². The average molecular weight is 331 g/mol. The van der Waals surface area contributed by atoms with Crippen molar-refractivity contribution < 1.29 is 18.3 Å². The number of fused-ring (bicyclic) bond motifs is 1. The summed E-state index contributed by atoms with van der Waals surface area (Å²) in [6, 6.07) is 3.65. The standard InChI is InChI=1S/C10H9N3O4S3/c14-10(15)7-4-18-5-13(7)20(16,17)8-3-1-2-6-9(8)12-19-11-6/h1-3,7H,4-5H2,(H,14,15)/t7-/m1/s1. The van der Waals surface area contributed by atoms with Crippen molar-refractivity contribution in [3.8, 4) is 0 Å². The van der Waals surface area contributed by atoms with Crippen molar-refractivity contribution in [2.24, 2.45) is 0 Å². The predicted molar refractivity (Wildman–Crippen MR) is 75.2 cm³/mol. The molecule has 0 amide bonds. The zero-order valence-corrected chi connectivity index (χ0v) is 12.4. The fourth-order valence-corrected chi connectivity index (χ4v) is 5.86. The fraction of sp³-hybridized carbons (Fsp3) is 0.300. The maximum atomic E-state index is 12.6. The summed E-state index contributed by atoms with van der Waals surface area (Å²) < 4.78 is 34.3. The predicted octanol–water partition coefficient (Wildman–Crippen LogP) is 0.839. The number of carboxylic acids is 1. The third-order valence-electron chi connectivity index (χ3n) is 2.96. The van der Waals surface area contributed by atoms with Gasteiger partial charge in [-0.15, -0.1) is 11.8 Å². The minimum atomic E-state index is -3.89. The van der Waals surface area contributed by atoms with E-state index in [1.807, 2.05) is 0 Å². The Morgan fingerprint density at radius 3 is 2.95 bits per heavy atom. The van der Waals surface area contributed by atoms with Crippen LogP contribution in [0.25, 0.3) is 11.0 Å². The molecule has 0 spiro atoms. The third-order valence-corrected chi connectivity index (χ3v) is 6.57. The number of hydrogen-bond donors (Lipinski definition) is 1. The highest BCUT2D eigenvalue weighted by Crippen LogP contribution is 2.31. The Hall–Kier alpha value is -1.23. The van der Waals surface area contributed by atoms with Gasteiger partial charge in [-0.25, -0.2) is 8.42 Å². The van der Waals surface area contributed by atoms with E-state index in [0.29, 0.717) is 11.0 Å². The molecule has 0 unspecified atom stereocenters. The van der Waals surface area contributed by atoms with Gasteiger partial charge in [0.2, 0.25) is 10.0 Å². The molecule has 20 heavy (non-hydrogen) atoms. The Bertz CT molecular complexity index is 773. The van der Waals surface area contributed by atoms with Crippen LogP contribution < -0.4 is 0 Å². The van der Waals surface area contributed by atoms with Crippen LogP contribution in [-0.4, -0.2) is 50.2 Å². The molecule has 7 nitrogen and oxygen atoms in total. The molecule has 2 aromatic rings. The van der Waals surface area contributed by atoms with E-state index in [0.717, 1.165) is 16.0 Å². The number of aromatic nitrogens is 2. The number of sulfonamides is 1. The van der Waals surface area contributed by atoms with E-state index in [1.165, 1.54) is 17.8 Å². The van der Waals surface area contributed by atoms with Gasteiger partial charge in [0, 0.05) is 5.75 Å². The van der Waals surface area contributed by atoms with Crippen LogP contribution in [0.4, 0.5) is 0 Å². The number of aliphatic carboxylic acids is 1. The molecule has 1 atom stereocenters. The van der Waals surface area contributed by atoms with Gasteiger partial charge in [-0.2, -0.15) is 13.1 Å². The first-order chi connectivity index (χ1) is 9.51. The summed E-state index contributed by atoms with van der Waals surface area (Å²) >= 11 is 2.21. The lowest BCUT2D eigenvalue weighted by Gasteiger charge is -2.20. The van der Waals surface area contributed by atoms with Crippen molar-refractivity contribution in [3.63, 3.8) is 0 Å². The average Bonchev–Trinajstić information content (AvgIpc) is 3.06. The van der Waals surface area contributed by atoms with Gasteiger partial charge in [0.1, 0.15) is 22.0 Å². The molecule has 0 bridgehead atoms. The molecule has 1 saturated heterocycles. The summed E-state index contributed by atoms with van der Waals surface area (Å²) in [5.41, 5.74) is 0.785. The van der Waals surface area contributed by atoms with Crippen molar-refractivity contribution in [2.75, 3.05) is 11.6 Å². The normalized spacial score (nSPS) is 20.5.